The van der Waals surface area contributed by atoms with Gasteiger partial charge in [0.1, 0.15) is 17.7 Å². The van der Waals surface area contributed by atoms with Crippen LogP contribution >= 0.6 is 0 Å². The van der Waals surface area contributed by atoms with Crippen LogP contribution in [0.1, 0.15) is 0 Å². The van der Waals surface area contributed by atoms with Crippen LogP contribution in [-0.4, -0.2) is 19.9 Å². The highest BCUT2D eigenvalue weighted by Gasteiger charge is 2.08. The Balaban J connectivity index is 1.92. The summed E-state index contributed by atoms with van der Waals surface area (Å²) in [4.78, 5) is 21.1. The molecular formula is C12H8N4O3. The van der Waals surface area contributed by atoms with Crippen LogP contribution in [0, 0.1) is 10.1 Å². The summed E-state index contributed by atoms with van der Waals surface area (Å²) >= 11 is 0. The van der Waals surface area contributed by atoms with Crippen LogP contribution in [-0.2, 0) is 0 Å². The molecule has 7 nitrogen and oxygen atoms in total. The van der Waals surface area contributed by atoms with Gasteiger partial charge < -0.3 is 9.72 Å². The first-order chi connectivity index (χ1) is 9.24. The first kappa shape index (κ1) is 11.1. The molecule has 0 spiro atoms. The van der Waals surface area contributed by atoms with Gasteiger partial charge in [-0.2, -0.15) is 0 Å². The van der Waals surface area contributed by atoms with Gasteiger partial charge in [0.05, 0.1) is 10.3 Å². The first-order valence-electron chi connectivity index (χ1n) is 5.44. The van der Waals surface area contributed by atoms with Crippen molar-refractivity contribution in [1.29, 1.82) is 0 Å². The molecule has 3 aromatic rings. The van der Waals surface area contributed by atoms with Gasteiger partial charge in [-0.3, -0.25) is 10.1 Å². The third kappa shape index (κ3) is 2.08. The van der Waals surface area contributed by atoms with Gasteiger partial charge in [0.15, 0.2) is 0 Å². The second-order valence-electron chi connectivity index (χ2n) is 3.77. The van der Waals surface area contributed by atoms with Crippen LogP contribution in [0.3, 0.4) is 0 Å². The lowest BCUT2D eigenvalue weighted by molar-refractivity contribution is -0.384. The van der Waals surface area contributed by atoms with Crippen molar-refractivity contribution < 1.29 is 9.66 Å². The molecule has 0 fully saturated rings. The Labute approximate surface area is 107 Å². The van der Waals surface area contributed by atoms with Crippen LogP contribution < -0.4 is 4.74 Å². The Kier molecular flexibility index (Phi) is 2.57. The van der Waals surface area contributed by atoms with Gasteiger partial charge in [-0.25, -0.2) is 9.97 Å². The highest BCUT2D eigenvalue weighted by Crippen LogP contribution is 2.27. The molecule has 94 valence electrons. The zero-order valence-electron chi connectivity index (χ0n) is 9.61. The van der Waals surface area contributed by atoms with Crippen LogP contribution in [0.5, 0.6) is 11.6 Å². The maximum Gasteiger partial charge on any atom is 0.269 e. The number of nitrogens with zero attached hydrogens (tertiary/aromatic N) is 3. The minimum atomic E-state index is -0.459. The molecule has 0 atom stereocenters. The molecule has 0 saturated carbocycles. The number of nitro benzene ring substituents is 1. The van der Waals surface area contributed by atoms with Gasteiger partial charge >= 0.3 is 0 Å². The Hall–Kier alpha value is -2.96. The molecular weight excluding hydrogens is 248 g/mol. The second-order valence-corrected chi connectivity index (χ2v) is 3.77. The summed E-state index contributed by atoms with van der Waals surface area (Å²) in [6.07, 6.45) is 3.13. The minimum absolute atomic E-state index is 0.0156. The summed E-state index contributed by atoms with van der Waals surface area (Å²) in [5.41, 5.74) is 0.689. The summed E-state index contributed by atoms with van der Waals surface area (Å²) < 4.78 is 5.59. The van der Waals surface area contributed by atoms with Crippen molar-refractivity contribution in [3.8, 4) is 11.6 Å². The largest absolute Gasteiger partial charge is 0.438 e. The maximum absolute atomic E-state index is 10.6. The molecule has 0 aliphatic rings. The van der Waals surface area contributed by atoms with Gasteiger partial charge in [0.2, 0.25) is 5.88 Å². The Morgan fingerprint density at radius 3 is 2.68 bits per heavy atom. The molecule has 2 aromatic heterocycles. The number of H-pyrrole nitrogens is 1. The highest BCUT2D eigenvalue weighted by molar-refractivity contribution is 5.80. The Bertz CT molecular complexity index is 736. The van der Waals surface area contributed by atoms with Crippen LogP contribution in [0.4, 0.5) is 5.69 Å². The molecule has 7 heteroatoms. The van der Waals surface area contributed by atoms with E-state index in [-0.39, 0.29) is 5.69 Å². The SMILES string of the molecule is O=[N+]([O-])c1ccc(Oc2ncnc3[nH]ccc23)cc1. The van der Waals surface area contributed by atoms with E-state index in [0.29, 0.717) is 17.3 Å². The molecule has 0 amide bonds. The molecule has 1 N–H and O–H groups in total. The number of hydrogen-bond acceptors (Lipinski definition) is 5. The summed E-state index contributed by atoms with van der Waals surface area (Å²) in [7, 11) is 0. The van der Waals surface area contributed by atoms with Crippen molar-refractivity contribution in [1.82, 2.24) is 15.0 Å². The number of non-ortho nitro benzene ring substituents is 1. The summed E-state index contributed by atoms with van der Waals surface area (Å²) in [5, 5.41) is 11.3. The summed E-state index contributed by atoms with van der Waals surface area (Å²) in [6, 6.07) is 7.61. The molecule has 0 radical (unpaired) electrons. The lowest BCUT2D eigenvalue weighted by atomic mass is 10.3. The monoisotopic (exact) mass is 256 g/mol. The Morgan fingerprint density at radius 1 is 1.16 bits per heavy atom. The van der Waals surface area contributed by atoms with Crippen molar-refractivity contribution in [3.63, 3.8) is 0 Å². The summed E-state index contributed by atoms with van der Waals surface area (Å²) in [5.74, 6) is 0.881. The van der Waals surface area contributed by atoms with Gasteiger partial charge in [-0.1, -0.05) is 0 Å². The van der Waals surface area contributed by atoms with Crippen LogP contribution in [0.15, 0.2) is 42.9 Å². The van der Waals surface area contributed by atoms with Gasteiger partial charge in [-0.15, -0.1) is 0 Å². The smallest absolute Gasteiger partial charge is 0.269 e. The normalized spacial score (nSPS) is 10.5. The first-order valence-corrected chi connectivity index (χ1v) is 5.44. The lowest BCUT2D eigenvalue weighted by Crippen LogP contribution is -1.91. The van der Waals surface area contributed by atoms with Gasteiger partial charge in [0, 0.05) is 18.3 Å². The van der Waals surface area contributed by atoms with Crippen LogP contribution in [0.2, 0.25) is 0 Å². The van der Waals surface area contributed by atoms with Crippen molar-refractivity contribution in [2.24, 2.45) is 0 Å². The molecule has 0 aliphatic heterocycles. The van der Waals surface area contributed by atoms with E-state index in [9.17, 15) is 10.1 Å². The molecule has 1 aromatic carbocycles. The fraction of sp³-hybridized carbons (Fsp3) is 0. The van der Waals surface area contributed by atoms with Gasteiger partial charge in [-0.05, 0) is 18.2 Å². The number of aromatic amines is 1. The number of aromatic nitrogens is 3. The van der Waals surface area contributed by atoms with Crippen molar-refractivity contribution in [3.05, 3.63) is 53.0 Å². The maximum atomic E-state index is 10.6. The number of fused-ring (bicyclic) bond motifs is 1. The van der Waals surface area contributed by atoms with Crippen LogP contribution in [0.25, 0.3) is 11.0 Å². The van der Waals surface area contributed by atoms with Crippen molar-refractivity contribution in [2.45, 2.75) is 0 Å². The molecule has 2 heterocycles. The molecule has 19 heavy (non-hydrogen) atoms. The average molecular weight is 256 g/mol. The zero-order valence-corrected chi connectivity index (χ0v) is 9.61. The number of nitro groups is 1. The lowest BCUT2D eigenvalue weighted by Gasteiger charge is -2.04. The highest BCUT2D eigenvalue weighted by atomic mass is 16.6. The van der Waals surface area contributed by atoms with E-state index in [4.69, 9.17) is 4.74 Å². The number of nitrogens with one attached hydrogen (secondary N) is 1. The van der Waals surface area contributed by atoms with E-state index in [1.54, 1.807) is 12.3 Å². The fourth-order valence-electron chi connectivity index (χ4n) is 1.68. The van der Waals surface area contributed by atoms with E-state index >= 15 is 0 Å². The van der Waals surface area contributed by atoms with E-state index in [1.807, 2.05) is 0 Å². The molecule has 0 bridgehead atoms. The topological polar surface area (TPSA) is 93.9 Å². The third-order valence-electron chi connectivity index (χ3n) is 2.58. The van der Waals surface area contributed by atoms with E-state index in [0.717, 1.165) is 5.39 Å². The van der Waals surface area contributed by atoms with Crippen molar-refractivity contribution in [2.75, 3.05) is 0 Å². The predicted octanol–water partition coefficient (Wildman–Crippen LogP) is 2.66. The number of ether oxygens (including phenoxy) is 1. The molecule has 0 unspecified atom stereocenters. The molecule has 0 saturated heterocycles. The summed E-state index contributed by atoms with van der Waals surface area (Å²) in [6.45, 7) is 0. The van der Waals surface area contributed by atoms with Gasteiger partial charge in [0.25, 0.3) is 5.69 Å². The number of hydrogen-bond donors (Lipinski definition) is 1. The van der Waals surface area contributed by atoms with E-state index in [2.05, 4.69) is 15.0 Å². The number of rotatable bonds is 3. The second kappa shape index (κ2) is 4.37. The minimum Gasteiger partial charge on any atom is -0.438 e. The standard InChI is InChI=1S/C12H8N4O3/c17-16(18)8-1-3-9(4-2-8)19-12-10-5-6-13-11(10)14-7-15-12/h1-7H,(H,13,14,15). The predicted molar refractivity (Wildman–Crippen MR) is 67.1 cm³/mol. The third-order valence-corrected chi connectivity index (χ3v) is 2.58. The molecule has 0 aliphatic carbocycles. The zero-order chi connectivity index (χ0) is 13.2. The average Bonchev–Trinajstić information content (AvgIpc) is 2.89. The fourth-order valence-corrected chi connectivity index (χ4v) is 1.68. The van der Waals surface area contributed by atoms with E-state index in [1.165, 1.54) is 30.6 Å². The van der Waals surface area contributed by atoms with E-state index < -0.39 is 4.92 Å². The quantitative estimate of drug-likeness (QED) is 0.574. The molecule has 3 rings (SSSR count). The Morgan fingerprint density at radius 2 is 1.95 bits per heavy atom. The number of benzene rings is 1. The van der Waals surface area contributed by atoms with Crippen molar-refractivity contribution >= 4 is 16.7 Å².